The number of carbonyl (C=O) groups is 1. The van der Waals surface area contributed by atoms with Crippen molar-refractivity contribution < 1.29 is 22.7 Å². The van der Waals surface area contributed by atoms with Crippen LogP contribution in [0.5, 0.6) is 5.75 Å². The summed E-state index contributed by atoms with van der Waals surface area (Å²) in [7, 11) is 0. The molecule has 0 bridgehead atoms. The quantitative estimate of drug-likeness (QED) is 0.686. The number of halogens is 4. The van der Waals surface area contributed by atoms with Gasteiger partial charge in [-0.3, -0.25) is 4.79 Å². The Labute approximate surface area is 157 Å². The Balaban J connectivity index is 1.60. The predicted octanol–water partition coefficient (Wildman–Crippen LogP) is 3.90. The molecule has 0 saturated heterocycles. The lowest BCUT2D eigenvalue weighted by Gasteiger charge is -2.12. The highest BCUT2D eigenvalue weighted by Gasteiger charge is 2.37. The first-order valence-corrected chi connectivity index (χ1v) is 8.40. The highest BCUT2D eigenvalue weighted by Crippen LogP contribution is 2.31. The number of aromatic nitrogens is 2. The van der Waals surface area contributed by atoms with E-state index in [1.54, 1.807) is 42.5 Å². The van der Waals surface area contributed by atoms with Crippen LogP contribution >= 0.6 is 11.6 Å². The second-order valence-electron chi connectivity index (χ2n) is 5.67. The van der Waals surface area contributed by atoms with Crippen molar-refractivity contribution in [1.82, 2.24) is 14.9 Å². The number of amides is 1. The Morgan fingerprint density at radius 1 is 1.15 bits per heavy atom. The average Bonchev–Trinajstić information content (AvgIpc) is 3.01. The van der Waals surface area contributed by atoms with Crippen LogP contribution in [0.3, 0.4) is 0 Å². The summed E-state index contributed by atoms with van der Waals surface area (Å²) >= 11 is 5.76. The number of alkyl halides is 3. The van der Waals surface area contributed by atoms with Gasteiger partial charge < -0.3 is 14.6 Å². The fraction of sp³-hybridized carbons (Fsp3) is 0.222. The van der Waals surface area contributed by atoms with E-state index in [2.05, 4.69) is 10.3 Å². The summed E-state index contributed by atoms with van der Waals surface area (Å²) in [5, 5.41) is 3.08. The van der Waals surface area contributed by atoms with E-state index in [0.29, 0.717) is 16.3 Å². The molecular formula is C18H15ClF3N3O2. The molecule has 9 heteroatoms. The molecule has 0 radical (unpaired) electrons. The van der Waals surface area contributed by atoms with Crippen molar-refractivity contribution in [1.29, 1.82) is 0 Å². The highest BCUT2D eigenvalue weighted by atomic mass is 35.5. The topological polar surface area (TPSA) is 56.1 Å². The van der Waals surface area contributed by atoms with Crippen LogP contribution in [0.4, 0.5) is 13.2 Å². The summed E-state index contributed by atoms with van der Waals surface area (Å²) in [5.41, 5.74) is 0.610. The maximum absolute atomic E-state index is 13.2. The van der Waals surface area contributed by atoms with E-state index in [1.807, 2.05) is 0 Å². The lowest BCUT2D eigenvalue weighted by molar-refractivity contribution is -0.146. The Bertz CT molecular complexity index is 939. The van der Waals surface area contributed by atoms with Gasteiger partial charge in [-0.15, -0.1) is 0 Å². The van der Waals surface area contributed by atoms with Crippen molar-refractivity contribution in [2.45, 2.75) is 12.7 Å². The number of nitrogens with one attached hydrogen (secondary N) is 1. The van der Waals surface area contributed by atoms with Gasteiger partial charge in [-0.25, -0.2) is 4.98 Å². The molecule has 1 N–H and O–H groups in total. The number of imidazole rings is 1. The van der Waals surface area contributed by atoms with Crippen molar-refractivity contribution >= 4 is 28.5 Å². The van der Waals surface area contributed by atoms with Crippen LogP contribution < -0.4 is 10.1 Å². The molecule has 0 atom stereocenters. The zero-order valence-corrected chi connectivity index (χ0v) is 14.7. The van der Waals surface area contributed by atoms with Crippen LogP contribution in [-0.2, 0) is 17.5 Å². The SMILES string of the molecule is O=C(COc1ccc(Cl)cc1)NCCn1c(C(F)(F)F)nc2ccccc21. The number of benzene rings is 2. The first-order valence-electron chi connectivity index (χ1n) is 8.02. The van der Waals surface area contributed by atoms with Gasteiger partial charge in [0, 0.05) is 18.1 Å². The lowest BCUT2D eigenvalue weighted by Crippen LogP contribution is -2.32. The molecule has 3 rings (SSSR count). The number of carbonyl (C=O) groups excluding carboxylic acids is 1. The zero-order chi connectivity index (χ0) is 19.4. The molecule has 1 amide bonds. The Morgan fingerprint density at radius 2 is 1.85 bits per heavy atom. The van der Waals surface area contributed by atoms with Gasteiger partial charge in [0.15, 0.2) is 6.61 Å². The lowest BCUT2D eigenvalue weighted by atomic mass is 10.3. The normalized spacial score (nSPS) is 11.6. The van der Waals surface area contributed by atoms with Gasteiger partial charge in [0.1, 0.15) is 5.75 Å². The molecule has 3 aromatic rings. The third-order valence-electron chi connectivity index (χ3n) is 3.75. The number of nitrogens with zero attached hydrogens (tertiary/aromatic N) is 2. The molecule has 0 fully saturated rings. The smallest absolute Gasteiger partial charge is 0.449 e. The Morgan fingerprint density at radius 3 is 2.56 bits per heavy atom. The largest absolute Gasteiger partial charge is 0.484 e. The summed E-state index contributed by atoms with van der Waals surface area (Å²) in [5.74, 6) is -0.965. The van der Waals surface area contributed by atoms with Crippen LogP contribution in [0.25, 0.3) is 11.0 Å². The summed E-state index contributed by atoms with van der Waals surface area (Å²) in [6.07, 6.45) is -4.58. The van der Waals surface area contributed by atoms with E-state index >= 15 is 0 Å². The minimum atomic E-state index is -4.58. The first-order chi connectivity index (χ1) is 12.8. The molecule has 0 aliphatic heterocycles. The zero-order valence-electron chi connectivity index (χ0n) is 14.0. The van der Waals surface area contributed by atoms with Crippen molar-refractivity contribution in [3.63, 3.8) is 0 Å². The van der Waals surface area contributed by atoms with E-state index in [9.17, 15) is 18.0 Å². The molecule has 142 valence electrons. The van der Waals surface area contributed by atoms with Crippen molar-refractivity contribution in [2.75, 3.05) is 13.2 Å². The molecule has 1 aromatic heterocycles. The molecule has 2 aromatic carbocycles. The van der Waals surface area contributed by atoms with E-state index in [-0.39, 0.29) is 25.2 Å². The van der Waals surface area contributed by atoms with Gasteiger partial charge in [-0.1, -0.05) is 23.7 Å². The second kappa shape index (κ2) is 7.87. The van der Waals surface area contributed by atoms with Gasteiger partial charge >= 0.3 is 6.18 Å². The number of fused-ring (bicyclic) bond motifs is 1. The van der Waals surface area contributed by atoms with Gasteiger partial charge in [-0.2, -0.15) is 13.2 Å². The van der Waals surface area contributed by atoms with Gasteiger partial charge in [0.05, 0.1) is 11.0 Å². The van der Waals surface area contributed by atoms with Crippen LogP contribution in [0, 0.1) is 0 Å². The molecule has 0 spiro atoms. The minimum absolute atomic E-state index is 0.00620. The van der Waals surface area contributed by atoms with Gasteiger partial charge in [-0.05, 0) is 36.4 Å². The van der Waals surface area contributed by atoms with Crippen molar-refractivity contribution in [3.8, 4) is 5.75 Å². The summed E-state index contributed by atoms with van der Waals surface area (Å²) in [4.78, 5) is 15.5. The van der Waals surface area contributed by atoms with Crippen molar-refractivity contribution in [3.05, 3.63) is 59.4 Å². The Hall–Kier alpha value is -2.74. The maximum Gasteiger partial charge on any atom is 0.449 e. The number of hydrogen-bond acceptors (Lipinski definition) is 3. The fourth-order valence-corrected chi connectivity index (χ4v) is 2.68. The highest BCUT2D eigenvalue weighted by molar-refractivity contribution is 6.30. The number of ether oxygens (including phenoxy) is 1. The van der Waals surface area contributed by atoms with E-state index < -0.39 is 17.9 Å². The summed E-state index contributed by atoms with van der Waals surface area (Å²) < 4.78 is 46.0. The summed E-state index contributed by atoms with van der Waals surface area (Å²) in [6.45, 7) is -0.313. The van der Waals surface area contributed by atoms with Crippen LogP contribution in [0.1, 0.15) is 5.82 Å². The summed E-state index contributed by atoms with van der Waals surface area (Å²) in [6, 6.07) is 12.8. The standard InChI is InChI=1S/C18H15ClF3N3O2/c19-12-5-7-13(8-6-12)27-11-16(26)23-9-10-25-15-4-2-1-3-14(15)24-17(25)18(20,21)22/h1-8H,9-11H2,(H,23,26). The molecule has 0 saturated carbocycles. The molecule has 0 unspecified atom stereocenters. The molecule has 1 heterocycles. The van der Waals surface area contributed by atoms with E-state index in [0.717, 1.165) is 4.57 Å². The molecular weight excluding hydrogens is 383 g/mol. The van der Waals surface area contributed by atoms with E-state index in [4.69, 9.17) is 16.3 Å². The monoisotopic (exact) mass is 397 g/mol. The average molecular weight is 398 g/mol. The van der Waals surface area contributed by atoms with Crippen LogP contribution in [0.2, 0.25) is 5.02 Å². The first kappa shape index (κ1) is 19.0. The maximum atomic E-state index is 13.2. The minimum Gasteiger partial charge on any atom is -0.484 e. The Kier molecular flexibility index (Phi) is 5.55. The molecule has 27 heavy (non-hydrogen) atoms. The number of para-hydroxylation sites is 2. The van der Waals surface area contributed by atoms with Crippen molar-refractivity contribution in [2.24, 2.45) is 0 Å². The predicted molar refractivity (Wildman–Crippen MR) is 94.7 cm³/mol. The second-order valence-corrected chi connectivity index (χ2v) is 6.10. The van der Waals surface area contributed by atoms with Gasteiger partial charge in [0.25, 0.3) is 5.91 Å². The third-order valence-corrected chi connectivity index (χ3v) is 4.00. The molecule has 0 aliphatic carbocycles. The number of rotatable bonds is 6. The molecule has 0 aliphatic rings. The van der Waals surface area contributed by atoms with Crippen LogP contribution in [-0.4, -0.2) is 28.6 Å². The fourth-order valence-electron chi connectivity index (χ4n) is 2.56. The third kappa shape index (κ3) is 4.71. The van der Waals surface area contributed by atoms with Crippen LogP contribution in [0.15, 0.2) is 48.5 Å². The van der Waals surface area contributed by atoms with E-state index in [1.165, 1.54) is 6.07 Å². The molecule has 5 nitrogen and oxygen atoms in total. The number of hydrogen-bond donors (Lipinski definition) is 1. The van der Waals surface area contributed by atoms with Gasteiger partial charge in [0.2, 0.25) is 5.82 Å².